The van der Waals surface area contributed by atoms with Gasteiger partial charge in [-0.05, 0) is 60.7 Å². The number of hydrogen-bond donors (Lipinski definition) is 4. The van der Waals surface area contributed by atoms with Gasteiger partial charge in [0.2, 0.25) is 0 Å². The maximum absolute atomic E-state index is 12.7. The molecular formula is C26H22Cl2N6O2. The molecule has 0 saturated heterocycles. The van der Waals surface area contributed by atoms with Gasteiger partial charge in [-0.3, -0.25) is 19.6 Å². The summed E-state index contributed by atoms with van der Waals surface area (Å²) in [7, 11) is 0. The third-order valence-electron chi connectivity index (χ3n) is 5.72. The molecule has 0 aromatic heterocycles. The number of aliphatic imine (C=N–C) groups is 2. The highest BCUT2D eigenvalue weighted by Crippen LogP contribution is 2.24. The Labute approximate surface area is 217 Å². The third-order valence-corrected chi connectivity index (χ3v) is 6.35. The molecule has 2 aliphatic heterocycles. The van der Waals surface area contributed by atoms with E-state index < -0.39 is 0 Å². The largest absolute Gasteiger partial charge is 0.368 e. The zero-order valence-electron chi connectivity index (χ0n) is 19.1. The van der Waals surface area contributed by atoms with Gasteiger partial charge < -0.3 is 21.3 Å². The summed E-state index contributed by atoms with van der Waals surface area (Å²) >= 11 is 12.8. The van der Waals surface area contributed by atoms with Crippen LogP contribution in [-0.4, -0.2) is 49.7 Å². The summed E-state index contributed by atoms with van der Waals surface area (Å²) in [6.07, 6.45) is 0. The van der Waals surface area contributed by atoms with Crippen LogP contribution in [-0.2, 0) is 0 Å². The van der Waals surface area contributed by atoms with E-state index in [9.17, 15) is 9.59 Å². The van der Waals surface area contributed by atoms with Crippen LogP contribution in [0.2, 0.25) is 10.0 Å². The first kappa shape index (κ1) is 23.8. The fraction of sp³-hybridized carbons (Fsp3) is 0.154. The van der Waals surface area contributed by atoms with Crippen LogP contribution in [0.3, 0.4) is 0 Å². The molecule has 8 nitrogen and oxygen atoms in total. The number of benzene rings is 3. The first-order valence-corrected chi connectivity index (χ1v) is 12.1. The SMILES string of the molecule is O=C(Nc1ccc(C2=NCCN2)c(Cl)c1)c1ccc(C(=O)Nc2ccc(C3=NCCN3)c(Cl)c2)cc1. The molecule has 0 bridgehead atoms. The van der Waals surface area contributed by atoms with Crippen molar-refractivity contribution in [2.45, 2.75) is 0 Å². The summed E-state index contributed by atoms with van der Waals surface area (Å²) in [4.78, 5) is 34.1. The van der Waals surface area contributed by atoms with E-state index in [1.54, 1.807) is 48.5 Å². The predicted molar refractivity (Wildman–Crippen MR) is 144 cm³/mol. The third kappa shape index (κ3) is 5.19. The second-order valence-electron chi connectivity index (χ2n) is 8.19. The van der Waals surface area contributed by atoms with Gasteiger partial charge in [0.25, 0.3) is 11.8 Å². The lowest BCUT2D eigenvalue weighted by Gasteiger charge is -2.11. The Balaban J connectivity index is 1.22. The average molecular weight is 521 g/mol. The smallest absolute Gasteiger partial charge is 0.255 e. The minimum Gasteiger partial charge on any atom is -0.368 e. The summed E-state index contributed by atoms with van der Waals surface area (Å²) in [6.45, 7) is 3.00. The van der Waals surface area contributed by atoms with E-state index in [0.29, 0.717) is 45.6 Å². The van der Waals surface area contributed by atoms with E-state index in [1.807, 2.05) is 12.1 Å². The highest BCUT2D eigenvalue weighted by Gasteiger charge is 2.15. The van der Waals surface area contributed by atoms with Gasteiger partial charge in [0, 0.05) is 46.7 Å². The molecule has 5 rings (SSSR count). The first-order valence-electron chi connectivity index (χ1n) is 11.4. The lowest BCUT2D eigenvalue weighted by Crippen LogP contribution is -2.20. The highest BCUT2D eigenvalue weighted by molar-refractivity contribution is 6.35. The van der Waals surface area contributed by atoms with Crippen molar-refractivity contribution < 1.29 is 9.59 Å². The molecule has 0 unspecified atom stereocenters. The van der Waals surface area contributed by atoms with E-state index >= 15 is 0 Å². The molecule has 10 heteroatoms. The second-order valence-corrected chi connectivity index (χ2v) is 9.00. The van der Waals surface area contributed by atoms with Crippen molar-refractivity contribution >= 4 is 58.1 Å². The number of halogens is 2. The van der Waals surface area contributed by atoms with Crippen molar-refractivity contribution in [1.29, 1.82) is 0 Å². The van der Waals surface area contributed by atoms with Crippen molar-refractivity contribution in [3.63, 3.8) is 0 Å². The summed E-state index contributed by atoms with van der Waals surface area (Å²) < 4.78 is 0. The maximum atomic E-state index is 12.7. The minimum absolute atomic E-state index is 0.312. The Morgan fingerprint density at radius 1 is 0.667 bits per heavy atom. The minimum atomic E-state index is -0.312. The van der Waals surface area contributed by atoms with E-state index in [4.69, 9.17) is 23.2 Å². The standard InChI is InChI=1S/C26H22Cl2N6O2/c27-21-13-17(5-7-19(21)23-29-9-10-30-23)33-25(35)15-1-2-16(4-3-15)26(36)34-18-6-8-20(22(28)14-18)24-31-11-12-32-24/h1-8,13-14H,9-12H2,(H,29,30)(H,31,32)(H,33,35)(H,34,36). The van der Waals surface area contributed by atoms with Gasteiger partial charge in [-0.2, -0.15) is 0 Å². The van der Waals surface area contributed by atoms with Crippen molar-refractivity contribution in [2.75, 3.05) is 36.8 Å². The topological polar surface area (TPSA) is 107 Å². The molecule has 2 aliphatic rings. The first-order chi connectivity index (χ1) is 17.5. The van der Waals surface area contributed by atoms with Crippen LogP contribution in [0.25, 0.3) is 0 Å². The number of rotatable bonds is 6. The van der Waals surface area contributed by atoms with Crippen LogP contribution < -0.4 is 21.3 Å². The molecule has 3 aromatic carbocycles. The number of nitrogens with zero attached hydrogens (tertiary/aromatic N) is 2. The fourth-order valence-electron chi connectivity index (χ4n) is 3.91. The predicted octanol–water partition coefficient (Wildman–Crippen LogP) is 4.20. The fourth-order valence-corrected chi connectivity index (χ4v) is 4.45. The molecule has 2 amide bonds. The van der Waals surface area contributed by atoms with E-state index in [-0.39, 0.29) is 11.8 Å². The number of carbonyl (C=O) groups is 2. The molecular weight excluding hydrogens is 499 g/mol. The number of amidine groups is 2. The summed E-state index contributed by atoms with van der Waals surface area (Å²) in [5.41, 5.74) is 3.53. The van der Waals surface area contributed by atoms with Gasteiger partial charge in [0.05, 0.1) is 23.1 Å². The quantitative estimate of drug-likeness (QED) is 0.390. The number of amides is 2. The van der Waals surface area contributed by atoms with Crippen molar-refractivity contribution in [2.24, 2.45) is 9.98 Å². The van der Waals surface area contributed by atoms with Crippen LogP contribution in [0.15, 0.2) is 70.6 Å². The lowest BCUT2D eigenvalue weighted by molar-refractivity contribution is 0.101. The van der Waals surface area contributed by atoms with Crippen LogP contribution in [0, 0.1) is 0 Å². The van der Waals surface area contributed by atoms with Crippen LogP contribution in [0.1, 0.15) is 31.8 Å². The Kier molecular flexibility index (Phi) is 6.88. The zero-order valence-corrected chi connectivity index (χ0v) is 20.6. The van der Waals surface area contributed by atoms with Gasteiger partial charge in [-0.25, -0.2) is 0 Å². The Morgan fingerprint density at radius 2 is 1.08 bits per heavy atom. The Morgan fingerprint density at radius 3 is 1.42 bits per heavy atom. The molecule has 2 heterocycles. The van der Waals surface area contributed by atoms with Gasteiger partial charge >= 0.3 is 0 Å². The summed E-state index contributed by atoms with van der Waals surface area (Å²) in [5, 5.41) is 13.0. The molecule has 0 radical (unpaired) electrons. The maximum Gasteiger partial charge on any atom is 0.255 e. The second kappa shape index (κ2) is 10.4. The van der Waals surface area contributed by atoms with Gasteiger partial charge in [0.15, 0.2) is 0 Å². The van der Waals surface area contributed by atoms with Crippen molar-refractivity contribution in [3.8, 4) is 0 Å². The molecule has 36 heavy (non-hydrogen) atoms. The van der Waals surface area contributed by atoms with E-state index in [2.05, 4.69) is 31.3 Å². The number of anilines is 2. The molecule has 0 aliphatic carbocycles. The van der Waals surface area contributed by atoms with Crippen molar-refractivity contribution in [3.05, 3.63) is 93.0 Å². The van der Waals surface area contributed by atoms with Crippen LogP contribution in [0.4, 0.5) is 11.4 Å². The van der Waals surface area contributed by atoms with Crippen molar-refractivity contribution in [1.82, 2.24) is 10.6 Å². The Hall–Kier alpha value is -3.88. The number of nitrogens with one attached hydrogen (secondary N) is 4. The van der Waals surface area contributed by atoms with E-state index in [1.165, 1.54) is 0 Å². The zero-order chi connectivity index (χ0) is 25.1. The van der Waals surface area contributed by atoms with Gasteiger partial charge in [0.1, 0.15) is 11.7 Å². The van der Waals surface area contributed by atoms with E-state index in [0.717, 1.165) is 35.9 Å². The molecule has 0 fully saturated rings. The molecule has 182 valence electrons. The molecule has 4 N–H and O–H groups in total. The molecule has 0 atom stereocenters. The van der Waals surface area contributed by atoms with Gasteiger partial charge in [-0.1, -0.05) is 23.2 Å². The van der Waals surface area contributed by atoms with Crippen LogP contribution in [0.5, 0.6) is 0 Å². The number of hydrogen-bond acceptors (Lipinski definition) is 6. The molecule has 3 aromatic rings. The Bertz CT molecular complexity index is 1300. The molecule has 0 spiro atoms. The average Bonchev–Trinajstić information content (AvgIpc) is 3.59. The van der Waals surface area contributed by atoms with Gasteiger partial charge in [-0.15, -0.1) is 0 Å². The van der Waals surface area contributed by atoms with Crippen LogP contribution >= 0.6 is 23.2 Å². The highest BCUT2D eigenvalue weighted by atomic mass is 35.5. The number of carbonyl (C=O) groups excluding carboxylic acids is 2. The molecule has 0 saturated carbocycles. The summed E-state index contributed by atoms with van der Waals surface area (Å²) in [5.74, 6) is 0.885. The monoisotopic (exact) mass is 520 g/mol. The normalized spacial score (nSPS) is 14.4. The lowest BCUT2D eigenvalue weighted by atomic mass is 10.1. The summed E-state index contributed by atoms with van der Waals surface area (Å²) in [6, 6.07) is 16.9.